The number of carbonyl (C=O) groups excluding carboxylic acids is 1. The molecule has 0 bridgehead atoms. The van der Waals surface area contributed by atoms with E-state index in [9.17, 15) is 4.79 Å². The minimum absolute atomic E-state index is 0.112. The smallest absolute Gasteiger partial charge is 0.305 e. The highest BCUT2D eigenvalue weighted by atomic mass is 16.7. The summed E-state index contributed by atoms with van der Waals surface area (Å²) in [5.74, 6) is -0.0330. The summed E-state index contributed by atoms with van der Waals surface area (Å²) >= 11 is 0. The molecule has 0 aromatic heterocycles. The summed E-state index contributed by atoms with van der Waals surface area (Å²) in [4.78, 5) is 11.7. The Morgan fingerprint density at radius 2 is 1.22 bits per heavy atom. The lowest BCUT2D eigenvalue weighted by Crippen LogP contribution is -2.53. The molecule has 0 spiro atoms. The number of hydrogen-bond donors (Lipinski definition) is 0. The predicted molar refractivity (Wildman–Crippen MR) is 174 cm³/mol. The summed E-state index contributed by atoms with van der Waals surface area (Å²) in [5.41, 5.74) is 3.36. The van der Waals surface area contributed by atoms with Crippen LogP contribution in [-0.4, -0.2) is 44.8 Å². The van der Waals surface area contributed by atoms with E-state index < -0.39 is 11.9 Å². The van der Waals surface area contributed by atoms with Crippen LogP contribution < -0.4 is 0 Å². The maximum atomic E-state index is 11.7. The van der Waals surface area contributed by atoms with Gasteiger partial charge in [0.1, 0.15) is 11.7 Å². The maximum absolute atomic E-state index is 11.7. The highest BCUT2D eigenvalue weighted by molar-refractivity contribution is 5.69. The van der Waals surface area contributed by atoms with Crippen LogP contribution >= 0.6 is 0 Å². The Labute approximate surface area is 267 Å². The number of ether oxygens (including phenoxy) is 5. The van der Waals surface area contributed by atoms with Gasteiger partial charge in [0.25, 0.3) is 0 Å². The quantitative estimate of drug-likeness (QED) is 0.0837. The van der Waals surface area contributed by atoms with Gasteiger partial charge >= 0.3 is 5.97 Å². The molecule has 6 nitrogen and oxygen atoms in total. The van der Waals surface area contributed by atoms with Crippen LogP contribution in [-0.2, 0) is 40.7 Å². The first-order valence-electron chi connectivity index (χ1n) is 15.8. The third-order valence-corrected chi connectivity index (χ3v) is 8.84. The van der Waals surface area contributed by atoms with E-state index in [2.05, 4.69) is 62.4 Å². The minimum atomic E-state index is -0.854. The van der Waals surface area contributed by atoms with E-state index in [4.69, 9.17) is 23.7 Å². The van der Waals surface area contributed by atoms with Gasteiger partial charge in [0.15, 0.2) is 6.29 Å². The van der Waals surface area contributed by atoms with Crippen molar-refractivity contribution < 1.29 is 28.5 Å². The summed E-state index contributed by atoms with van der Waals surface area (Å²) in [6.07, 6.45) is -0.368. The number of hydrogen-bond acceptors (Lipinski definition) is 6. The fourth-order valence-corrected chi connectivity index (χ4v) is 6.08. The zero-order chi connectivity index (χ0) is 31.5. The predicted octanol–water partition coefficient (Wildman–Crippen LogP) is 7.55. The fraction of sp³-hybridized carbons (Fsp3) is 0.359. The monoisotopic (exact) mass is 608 g/mol. The van der Waals surface area contributed by atoms with Crippen LogP contribution in [0.5, 0.6) is 0 Å². The van der Waals surface area contributed by atoms with Crippen molar-refractivity contribution in [1.29, 1.82) is 0 Å². The van der Waals surface area contributed by atoms with Crippen LogP contribution in [0.15, 0.2) is 121 Å². The zero-order valence-corrected chi connectivity index (χ0v) is 26.4. The van der Waals surface area contributed by atoms with E-state index in [0.717, 1.165) is 22.3 Å². The van der Waals surface area contributed by atoms with Gasteiger partial charge in [0.2, 0.25) is 0 Å². The fourth-order valence-electron chi connectivity index (χ4n) is 6.08. The molecule has 1 fully saturated rings. The molecule has 4 aromatic carbocycles. The molecule has 1 aliphatic heterocycles. The largest absolute Gasteiger partial charge is 0.469 e. The Morgan fingerprint density at radius 3 is 1.73 bits per heavy atom. The van der Waals surface area contributed by atoms with Crippen molar-refractivity contribution in [2.45, 2.75) is 57.4 Å². The van der Waals surface area contributed by atoms with Gasteiger partial charge in [0, 0.05) is 6.42 Å². The Bertz CT molecular complexity index is 1330. The average molecular weight is 609 g/mol. The van der Waals surface area contributed by atoms with E-state index >= 15 is 0 Å². The molecule has 2 unspecified atom stereocenters. The van der Waals surface area contributed by atoms with Gasteiger partial charge < -0.3 is 23.7 Å². The molecule has 1 saturated heterocycles. The van der Waals surface area contributed by atoms with Crippen molar-refractivity contribution in [2.24, 2.45) is 11.8 Å². The molecular weight excluding hydrogens is 564 g/mol. The van der Waals surface area contributed by atoms with E-state index in [1.165, 1.54) is 7.11 Å². The van der Waals surface area contributed by atoms with Gasteiger partial charge in [-0.2, -0.15) is 0 Å². The molecule has 0 radical (unpaired) electrons. The van der Waals surface area contributed by atoms with Crippen molar-refractivity contribution in [1.82, 2.24) is 0 Å². The molecule has 0 amide bonds. The van der Waals surface area contributed by atoms with Gasteiger partial charge in [-0.3, -0.25) is 4.79 Å². The standard InChI is InChI=1S/C39H44O6/c1-29-30(2)37(43-27-31-17-8-4-9-18-31)38(42-26-16-25-36(40)41-3)45-35(29)28-44-39(32-19-10-5-11-20-32,33-21-12-6-13-22-33)34-23-14-7-15-24-34/h4-15,17-24,29-30,35,37-38H,16,25-28H2,1-3H3/t29-,30-,35?,37?,38+/m0/s1. The molecule has 45 heavy (non-hydrogen) atoms. The first kappa shape index (κ1) is 32.6. The van der Waals surface area contributed by atoms with Crippen molar-refractivity contribution in [2.75, 3.05) is 20.3 Å². The first-order valence-corrected chi connectivity index (χ1v) is 15.8. The Hall–Kier alpha value is -3.81. The minimum Gasteiger partial charge on any atom is -0.469 e. The van der Waals surface area contributed by atoms with Gasteiger partial charge in [0.05, 0.1) is 33.0 Å². The summed E-state index contributed by atoms with van der Waals surface area (Å²) in [6.45, 7) is 5.52. The number of methoxy groups -OCH3 is 1. The molecule has 0 saturated carbocycles. The highest BCUT2D eigenvalue weighted by Gasteiger charge is 2.45. The normalized spacial score (nSPS) is 21.7. The van der Waals surface area contributed by atoms with Crippen molar-refractivity contribution >= 4 is 5.97 Å². The van der Waals surface area contributed by atoms with E-state index in [0.29, 0.717) is 26.2 Å². The third kappa shape index (κ3) is 7.89. The van der Waals surface area contributed by atoms with Gasteiger partial charge in [-0.15, -0.1) is 0 Å². The average Bonchev–Trinajstić information content (AvgIpc) is 3.10. The second-order valence-electron chi connectivity index (χ2n) is 11.7. The molecule has 0 N–H and O–H groups in total. The van der Waals surface area contributed by atoms with Crippen LogP contribution in [0.2, 0.25) is 0 Å². The topological polar surface area (TPSA) is 63.2 Å². The molecule has 0 aliphatic carbocycles. The van der Waals surface area contributed by atoms with Crippen LogP contribution in [0.1, 0.15) is 48.9 Å². The molecule has 5 rings (SSSR count). The maximum Gasteiger partial charge on any atom is 0.305 e. The van der Waals surface area contributed by atoms with Crippen LogP contribution in [0, 0.1) is 11.8 Å². The lowest BCUT2D eigenvalue weighted by molar-refractivity contribution is -0.291. The van der Waals surface area contributed by atoms with Crippen LogP contribution in [0.25, 0.3) is 0 Å². The van der Waals surface area contributed by atoms with Crippen LogP contribution in [0.3, 0.4) is 0 Å². The van der Waals surface area contributed by atoms with E-state index in [1.54, 1.807) is 0 Å². The number of benzene rings is 4. The summed E-state index contributed by atoms with van der Waals surface area (Å²) in [6, 6.07) is 41.2. The lowest BCUT2D eigenvalue weighted by atomic mass is 9.79. The molecule has 5 atom stereocenters. The van der Waals surface area contributed by atoms with E-state index in [1.807, 2.05) is 72.8 Å². The Morgan fingerprint density at radius 1 is 0.711 bits per heavy atom. The Balaban J connectivity index is 1.41. The molecule has 236 valence electrons. The molecule has 4 aromatic rings. The first-order chi connectivity index (χ1) is 22.0. The molecular formula is C39H44O6. The number of rotatable bonds is 14. The Kier molecular flexibility index (Phi) is 11.6. The van der Waals surface area contributed by atoms with Crippen molar-refractivity contribution in [3.05, 3.63) is 144 Å². The molecule has 1 aliphatic rings. The van der Waals surface area contributed by atoms with Gasteiger partial charge in [-0.25, -0.2) is 0 Å². The highest BCUT2D eigenvalue weighted by Crippen LogP contribution is 2.42. The summed E-state index contributed by atoms with van der Waals surface area (Å²) in [5, 5.41) is 0. The van der Waals surface area contributed by atoms with Crippen molar-refractivity contribution in [3.63, 3.8) is 0 Å². The van der Waals surface area contributed by atoms with Crippen LogP contribution in [0.4, 0.5) is 0 Å². The second-order valence-corrected chi connectivity index (χ2v) is 11.7. The number of carbonyl (C=O) groups is 1. The molecule has 6 heteroatoms. The van der Waals surface area contributed by atoms with Gasteiger partial charge in [-0.1, -0.05) is 135 Å². The van der Waals surface area contributed by atoms with Gasteiger partial charge in [-0.05, 0) is 40.5 Å². The van der Waals surface area contributed by atoms with E-state index in [-0.39, 0.29) is 36.4 Å². The SMILES string of the molecule is COC(=O)CCCO[C@@H]1OC(COC(c2ccccc2)(c2ccccc2)c2ccccc2)[C@@H](C)[C@H](C)C1OCc1ccccc1. The summed E-state index contributed by atoms with van der Waals surface area (Å²) in [7, 11) is 1.40. The molecule has 1 heterocycles. The van der Waals surface area contributed by atoms with Crippen molar-refractivity contribution in [3.8, 4) is 0 Å². The second kappa shape index (κ2) is 16.0. The third-order valence-electron chi connectivity index (χ3n) is 8.84. The lowest BCUT2D eigenvalue weighted by Gasteiger charge is -2.45. The summed E-state index contributed by atoms with van der Waals surface area (Å²) < 4.78 is 31.5. The number of esters is 1. The zero-order valence-electron chi connectivity index (χ0n) is 26.4.